The Morgan fingerprint density at radius 2 is 2.09 bits per heavy atom. The number of methoxy groups -OCH3 is 1. The summed E-state index contributed by atoms with van der Waals surface area (Å²) in [6, 6.07) is 5.67. The quantitative estimate of drug-likeness (QED) is 0.559. The molecule has 35 heavy (non-hydrogen) atoms. The van der Waals surface area contributed by atoms with Crippen molar-refractivity contribution in [1.82, 2.24) is 15.2 Å². The van der Waals surface area contributed by atoms with Crippen molar-refractivity contribution in [2.45, 2.75) is 63.5 Å². The van der Waals surface area contributed by atoms with Crippen LogP contribution >= 0.6 is 0 Å². The van der Waals surface area contributed by atoms with Crippen LogP contribution in [-0.4, -0.2) is 59.1 Å². The number of nitrogens with one attached hydrogen (secondary N) is 2. The Labute approximate surface area is 203 Å². The van der Waals surface area contributed by atoms with Gasteiger partial charge in [-0.15, -0.1) is 0 Å². The number of likely N-dealkylation sites (tertiary alicyclic amines) is 1. The molecule has 3 amide bonds. The summed E-state index contributed by atoms with van der Waals surface area (Å²) in [5, 5.41) is 3.59. The zero-order valence-corrected chi connectivity index (χ0v) is 20.0. The minimum Gasteiger partial charge on any atom is -0.496 e. The molecule has 0 bridgehead atoms. The maximum atomic E-state index is 13.6. The van der Waals surface area contributed by atoms with E-state index in [9.17, 15) is 19.2 Å². The number of H-pyrrole nitrogens is 1. The highest BCUT2D eigenvalue weighted by Crippen LogP contribution is 2.55. The highest BCUT2D eigenvalue weighted by atomic mass is 16.5. The number of carbonyl (C=O) groups excluding carboxylic acids is 4. The monoisotopic (exact) mass is 480 g/mol. The van der Waals surface area contributed by atoms with Gasteiger partial charge >= 0.3 is 0 Å². The van der Waals surface area contributed by atoms with Crippen molar-refractivity contribution in [1.29, 1.82) is 0 Å². The molecule has 0 unspecified atom stereocenters. The van der Waals surface area contributed by atoms with Crippen LogP contribution in [-0.2, 0) is 14.4 Å². The molecule has 4 N–H and O–H groups in total. The van der Waals surface area contributed by atoms with Crippen molar-refractivity contribution in [3.05, 3.63) is 30.0 Å². The van der Waals surface area contributed by atoms with Gasteiger partial charge in [0, 0.05) is 29.8 Å². The fourth-order valence-electron chi connectivity index (χ4n) is 5.76. The van der Waals surface area contributed by atoms with Crippen molar-refractivity contribution in [2.24, 2.45) is 17.1 Å². The third kappa shape index (κ3) is 4.51. The van der Waals surface area contributed by atoms with Crippen LogP contribution in [0.15, 0.2) is 24.3 Å². The van der Waals surface area contributed by atoms with Gasteiger partial charge in [-0.2, -0.15) is 0 Å². The van der Waals surface area contributed by atoms with E-state index in [1.165, 1.54) is 0 Å². The summed E-state index contributed by atoms with van der Waals surface area (Å²) in [5.74, 6) is -0.782. The zero-order chi connectivity index (χ0) is 24.7. The molecule has 2 saturated carbocycles. The normalized spacial score (nSPS) is 23.9. The Bertz CT molecular complexity index is 1180. The number of fused-ring (bicyclic) bond motifs is 1. The lowest BCUT2D eigenvalue weighted by Crippen LogP contribution is -2.57. The van der Waals surface area contributed by atoms with Gasteiger partial charge in [-0.05, 0) is 68.6 Å². The van der Waals surface area contributed by atoms with Crippen LogP contribution in [0.1, 0.15) is 61.9 Å². The van der Waals surface area contributed by atoms with Crippen molar-refractivity contribution >= 4 is 34.4 Å². The van der Waals surface area contributed by atoms with E-state index in [1.807, 2.05) is 18.2 Å². The topological polar surface area (TPSA) is 135 Å². The molecule has 186 valence electrons. The van der Waals surface area contributed by atoms with E-state index in [0.29, 0.717) is 37.3 Å². The van der Waals surface area contributed by atoms with E-state index in [0.717, 1.165) is 36.6 Å². The molecule has 5 rings (SSSR count). The maximum Gasteiger partial charge on any atom is 0.270 e. The zero-order valence-electron chi connectivity index (χ0n) is 20.0. The second-order valence-corrected chi connectivity index (χ2v) is 10.3. The number of nitrogens with two attached hydrogens (primary N) is 1. The van der Waals surface area contributed by atoms with Gasteiger partial charge in [-0.1, -0.05) is 6.07 Å². The number of amides is 3. The number of rotatable bonds is 7. The van der Waals surface area contributed by atoms with Crippen LogP contribution < -0.4 is 15.8 Å². The highest BCUT2D eigenvalue weighted by Gasteiger charge is 2.51. The fraction of sp³-hybridized carbons (Fsp3) is 0.538. The van der Waals surface area contributed by atoms with E-state index in [4.69, 9.17) is 10.5 Å². The Morgan fingerprint density at radius 1 is 1.29 bits per heavy atom. The molecule has 3 aliphatic rings. The molecule has 2 aromatic rings. The first kappa shape index (κ1) is 23.4. The summed E-state index contributed by atoms with van der Waals surface area (Å²) in [6.07, 6.45) is 5.71. The van der Waals surface area contributed by atoms with Gasteiger partial charge in [-0.3, -0.25) is 19.2 Å². The lowest BCUT2D eigenvalue weighted by atomic mass is 9.87. The predicted octanol–water partition coefficient (Wildman–Crippen LogP) is 2.29. The predicted molar refractivity (Wildman–Crippen MR) is 129 cm³/mol. The van der Waals surface area contributed by atoms with Crippen LogP contribution in [0.5, 0.6) is 5.75 Å². The van der Waals surface area contributed by atoms with Crippen LogP contribution in [0.2, 0.25) is 0 Å². The van der Waals surface area contributed by atoms with Crippen molar-refractivity contribution < 1.29 is 23.9 Å². The molecule has 1 spiro atoms. The second-order valence-electron chi connectivity index (χ2n) is 10.3. The molecule has 9 nitrogen and oxygen atoms in total. The molecule has 3 atom stereocenters. The molecule has 0 radical (unpaired) electrons. The lowest BCUT2D eigenvalue weighted by molar-refractivity contribution is -0.132. The summed E-state index contributed by atoms with van der Waals surface area (Å²) >= 11 is 0. The van der Waals surface area contributed by atoms with Gasteiger partial charge in [-0.25, -0.2) is 0 Å². The average Bonchev–Trinajstić information content (AvgIpc) is 3.25. The Morgan fingerprint density at radius 3 is 2.74 bits per heavy atom. The van der Waals surface area contributed by atoms with Gasteiger partial charge in [0.1, 0.15) is 29.3 Å². The molecule has 2 aliphatic carbocycles. The van der Waals surface area contributed by atoms with Crippen molar-refractivity contribution in [3.8, 4) is 5.75 Å². The van der Waals surface area contributed by atoms with Gasteiger partial charge in [0.25, 0.3) is 5.91 Å². The third-order valence-corrected chi connectivity index (χ3v) is 8.09. The van der Waals surface area contributed by atoms with Gasteiger partial charge in [0.15, 0.2) is 0 Å². The molecule has 1 aliphatic heterocycles. The first-order valence-corrected chi connectivity index (χ1v) is 12.4. The molecular weight excluding hydrogens is 448 g/mol. The van der Waals surface area contributed by atoms with Crippen molar-refractivity contribution in [2.75, 3.05) is 13.7 Å². The summed E-state index contributed by atoms with van der Waals surface area (Å²) in [6.45, 7) is 0.464. The molecule has 3 fully saturated rings. The van der Waals surface area contributed by atoms with Crippen LogP contribution in [0, 0.1) is 11.3 Å². The molecule has 9 heteroatoms. The summed E-state index contributed by atoms with van der Waals surface area (Å²) in [4.78, 5) is 56.1. The van der Waals surface area contributed by atoms with E-state index in [-0.39, 0.29) is 35.4 Å². The number of hydrogen-bond donors (Lipinski definition) is 3. The summed E-state index contributed by atoms with van der Waals surface area (Å²) < 4.78 is 5.41. The number of ketones is 1. The Balaban J connectivity index is 1.37. The molecular formula is C26H32N4O5. The van der Waals surface area contributed by atoms with Crippen molar-refractivity contribution in [3.63, 3.8) is 0 Å². The second kappa shape index (κ2) is 9.02. The minimum atomic E-state index is -0.930. The minimum absolute atomic E-state index is 0.0894. The SMILES string of the molecule is COc1cccc2[nH]c(C(=O)N3CCC4(CC4)C[C@H]3C(=O)N[C@@H](C[C@@H]3CCCC3=O)C(N)=O)cc12. The van der Waals surface area contributed by atoms with E-state index in [2.05, 4.69) is 10.3 Å². The van der Waals surface area contributed by atoms with E-state index in [1.54, 1.807) is 18.1 Å². The maximum absolute atomic E-state index is 13.6. The number of nitrogens with zero attached hydrogens (tertiary/aromatic N) is 1. The largest absolute Gasteiger partial charge is 0.496 e. The number of ether oxygens (including phenoxy) is 1. The number of primary amides is 1. The molecule has 1 saturated heterocycles. The summed E-state index contributed by atoms with van der Waals surface area (Å²) in [7, 11) is 1.58. The summed E-state index contributed by atoms with van der Waals surface area (Å²) in [5.41, 5.74) is 6.85. The van der Waals surface area contributed by atoms with Gasteiger partial charge < -0.3 is 25.7 Å². The smallest absolute Gasteiger partial charge is 0.270 e. The number of benzene rings is 1. The van der Waals surface area contributed by atoms with E-state index < -0.39 is 18.0 Å². The average molecular weight is 481 g/mol. The number of Topliss-reactive ketones (excluding diaryl/α,β-unsaturated/α-hetero) is 1. The van der Waals surface area contributed by atoms with Gasteiger partial charge in [0.05, 0.1) is 7.11 Å². The fourth-order valence-corrected chi connectivity index (χ4v) is 5.76. The third-order valence-electron chi connectivity index (χ3n) is 8.09. The number of hydrogen-bond acceptors (Lipinski definition) is 5. The number of piperidine rings is 1. The Kier molecular flexibility index (Phi) is 6.02. The first-order chi connectivity index (χ1) is 16.8. The molecule has 1 aromatic heterocycles. The van der Waals surface area contributed by atoms with Crippen LogP contribution in [0.3, 0.4) is 0 Å². The number of aromatic nitrogens is 1. The molecule has 2 heterocycles. The lowest BCUT2D eigenvalue weighted by Gasteiger charge is -2.39. The van der Waals surface area contributed by atoms with Crippen LogP contribution in [0.4, 0.5) is 0 Å². The number of carbonyl (C=O) groups is 4. The van der Waals surface area contributed by atoms with E-state index >= 15 is 0 Å². The van der Waals surface area contributed by atoms with Gasteiger partial charge in [0.2, 0.25) is 11.8 Å². The van der Waals surface area contributed by atoms with Crippen LogP contribution in [0.25, 0.3) is 10.9 Å². The Hall–Kier alpha value is -3.36. The highest BCUT2D eigenvalue weighted by molar-refractivity contribution is 6.02. The first-order valence-electron chi connectivity index (χ1n) is 12.4. The number of aromatic amines is 1. The molecule has 1 aromatic carbocycles. The standard InChI is InChI=1S/C26H32N4O5/c1-35-22-7-3-5-17-16(22)13-19(28-17)25(34)30-11-10-26(8-9-26)14-20(30)24(33)29-18(23(27)32)12-15-4-2-6-21(15)31/h3,5,7,13,15,18,20,28H,2,4,6,8-12,14H2,1H3,(H2,27,32)(H,29,33)/t15-,18-,20-/m0/s1.